The third-order valence-electron chi connectivity index (χ3n) is 2.15. The molecule has 0 spiro atoms. The van der Waals surface area contributed by atoms with E-state index >= 15 is 0 Å². The first-order chi connectivity index (χ1) is 8.56. The summed E-state index contributed by atoms with van der Waals surface area (Å²) >= 11 is 0. The van der Waals surface area contributed by atoms with Crippen molar-refractivity contribution in [3.05, 3.63) is 29.6 Å². The van der Waals surface area contributed by atoms with Gasteiger partial charge in [-0.1, -0.05) is 6.07 Å². The molecule has 0 radical (unpaired) electrons. The molecule has 3 nitrogen and oxygen atoms in total. The van der Waals surface area contributed by atoms with Gasteiger partial charge in [0.1, 0.15) is 5.82 Å². The minimum atomic E-state index is -5.81. The Labute approximate surface area is 102 Å². The van der Waals surface area contributed by atoms with Crippen molar-refractivity contribution in [3.8, 4) is 0 Å². The van der Waals surface area contributed by atoms with E-state index in [9.17, 15) is 31.1 Å². The van der Waals surface area contributed by atoms with Gasteiger partial charge in [-0.05, 0) is 12.1 Å². The minimum absolute atomic E-state index is 0.737. The van der Waals surface area contributed by atoms with Gasteiger partial charge in [0.2, 0.25) is 0 Å². The second-order valence-corrected chi connectivity index (χ2v) is 3.52. The number of benzene rings is 1. The van der Waals surface area contributed by atoms with Crippen LogP contribution in [0.5, 0.6) is 0 Å². The molecule has 106 valence electrons. The van der Waals surface area contributed by atoms with Gasteiger partial charge in [0, 0.05) is 0 Å². The van der Waals surface area contributed by atoms with Crippen LogP contribution >= 0.6 is 0 Å². The molecule has 0 heterocycles. The number of nitrogens with one attached hydrogen (secondary N) is 1. The van der Waals surface area contributed by atoms with Gasteiger partial charge in [-0.25, -0.2) is 9.18 Å². The van der Waals surface area contributed by atoms with Gasteiger partial charge in [-0.2, -0.15) is 22.0 Å². The molecular formula is C10H7F6NO2. The van der Waals surface area contributed by atoms with Crippen molar-refractivity contribution in [1.29, 1.82) is 0 Å². The molecule has 0 amide bonds. The zero-order valence-electron chi connectivity index (χ0n) is 9.06. The molecule has 0 aliphatic carbocycles. The highest BCUT2D eigenvalue weighted by molar-refractivity contribution is 5.94. The highest BCUT2D eigenvalue weighted by Gasteiger charge is 2.57. The summed E-state index contributed by atoms with van der Waals surface area (Å²) < 4.78 is 74.2. The average molecular weight is 287 g/mol. The normalized spacial score (nSPS) is 12.3. The summed E-state index contributed by atoms with van der Waals surface area (Å²) in [5, 5.41) is 10.1. The molecule has 0 aromatic heterocycles. The van der Waals surface area contributed by atoms with Crippen LogP contribution in [-0.4, -0.2) is 29.7 Å². The Morgan fingerprint density at radius 3 is 2.26 bits per heavy atom. The van der Waals surface area contributed by atoms with E-state index < -0.39 is 41.7 Å². The number of hydrogen-bond donors (Lipinski definition) is 2. The maximum atomic E-state index is 13.2. The molecule has 9 heteroatoms. The molecule has 1 rings (SSSR count). The highest BCUT2D eigenvalue weighted by Crippen LogP contribution is 2.35. The van der Waals surface area contributed by atoms with Crippen LogP contribution in [0, 0.1) is 5.82 Å². The number of halogens is 6. The number of hydrogen-bond acceptors (Lipinski definition) is 2. The van der Waals surface area contributed by atoms with Crippen LogP contribution in [0.15, 0.2) is 18.2 Å². The van der Waals surface area contributed by atoms with E-state index in [0.717, 1.165) is 18.2 Å². The maximum Gasteiger partial charge on any atom is 0.455 e. The van der Waals surface area contributed by atoms with Gasteiger partial charge >= 0.3 is 18.1 Å². The molecule has 0 atom stereocenters. The maximum absolute atomic E-state index is 13.2. The van der Waals surface area contributed by atoms with Crippen LogP contribution in [-0.2, 0) is 0 Å². The summed E-state index contributed by atoms with van der Waals surface area (Å²) in [7, 11) is 0. The van der Waals surface area contributed by atoms with Crippen molar-refractivity contribution in [2.75, 3.05) is 11.9 Å². The van der Waals surface area contributed by atoms with E-state index in [2.05, 4.69) is 0 Å². The third-order valence-corrected chi connectivity index (χ3v) is 2.15. The molecule has 0 saturated heterocycles. The van der Waals surface area contributed by atoms with Crippen molar-refractivity contribution in [1.82, 2.24) is 0 Å². The van der Waals surface area contributed by atoms with E-state index in [4.69, 9.17) is 5.11 Å². The number of para-hydroxylation sites is 1. The smallest absolute Gasteiger partial charge is 0.455 e. The Bertz CT molecular complexity index is 485. The van der Waals surface area contributed by atoms with E-state index in [0.29, 0.717) is 0 Å². The Balaban J connectivity index is 2.99. The SMILES string of the molecule is O=C(O)c1cccc(F)c1NCC(F)(F)C(F)(F)F. The molecule has 0 bridgehead atoms. The van der Waals surface area contributed by atoms with Gasteiger partial charge < -0.3 is 10.4 Å². The van der Waals surface area contributed by atoms with Crippen LogP contribution in [0.3, 0.4) is 0 Å². The van der Waals surface area contributed by atoms with Crippen LogP contribution in [0.2, 0.25) is 0 Å². The van der Waals surface area contributed by atoms with Crippen LogP contribution < -0.4 is 5.32 Å². The van der Waals surface area contributed by atoms with Gasteiger partial charge in [0.15, 0.2) is 0 Å². The number of anilines is 1. The second-order valence-electron chi connectivity index (χ2n) is 3.52. The number of carbonyl (C=O) groups is 1. The topological polar surface area (TPSA) is 49.3 Å². The van der Waals surface area contributed by atoms with E-state index in [-0.39, 0.29) is 0 Å². The van der Waals surface area contributed by atoms with Crippen LogP contribution in [0.4, 0.5) is 32.0 Å². The molecule has 1 aromatic rings. The lowest BCUT2D eigenvalue weighted by Gasteiger charge is -2.21. The number of alkyl halides is 5. The zero-order valence-corrected chi connectivity index (χ0v) is 9.06. The molecule has 0 aliphatic rings. The lowest BCUT2D eigenvalue weighted by atomic mass is 10.1. The summed E-state index contributed by atoms with van der Waals surface area (Å²) in [4.78, 5) is 10.7. The van der Waals surface area contributed by atoms with E-state index in [1.54, 1.807) is 0 Å². The standard InChI is InChI=1S/C10H7F6NO2/c11-6-3-1-2-5(8(18)19)7(6)17-4-9(12,13)10(14,15)16/h1-3,17H,4H2,(H,18,19). The predicted molar refractivity (Wildman–Crippen MR) is 52.9 cm³/mol. The third kappa shape index (κ3) is 3.30. The van der Waals surface area contributed by atoms with Crippen molar-refractivity contribution in [2.24, 2.45) is 0 Å². The summed E-state index contributed by atoms with van der Waals surface area (Å²) in [5.74, 6) is -8.00. The highest BCUT2D eigenvalue weighted by atomic mass is 19.4. The fourth-order valence-corrected chi connectivity index (χ4v) is 1.18. The monoisotopic (exact) mass is 287 g/mol. The number of carboxylic acid groups (broad SMARTS) is 1. The lowest BCUT2D eigenvalue weighted by molar-refractivity contribution is -0.275. The number of aromatic carboxylic acids is 1. The molecular weight excluding hydrogens is 280 g/mol. The first kappa shape index (κ1) is 15.1. The second kappa shape index (κ2) is 4.98. The molecule has 1 aromatic carbocycles. The summed E-state index contributed by atoms with van der Waals surface area (Å²) in [6.45, 7) is -1.96. The van der Waals surface area contributed by atoms with Crippen molar-refractivity contribution < 1.29 is 36.2 Å². The largest absolute Gasteiger partial charge is 0.478 e. The van der Waals surface area contributed by atoms with Crippen molar-refractivity contribution in [2.45, 2.75) is 12.1 Å². The number of carboxylic acids is 1. The Hall–Kier alpha value is -1.93. The number of rotatable bonds is 4. The fraction of sp³-hybridized carbons (Fsp3) is 0.300. The Morgan fingerprint density at radius 1 is 1.21 bits per heavy atom. The first-order valence-corrected chi connectivity index (χ1v) is 4.76. The van der Waals surface area contributed by atoms with Crippen LogP contribution in [0.1, 0.15) is 10.4 Å². The molecule has 0 aliphatic heterocycles. The molecule has 0 fully saturated rings. The molecule has 0 unspecified atom stereocenters. The minimum Gasteiger partial charge on any atom is -0.478 e. The van der Waals surface area contributed by atoms with Gasteiger partial charge in [-0.15, -0.1) is 0 Å². The molecule has 19 heavy (non-hydrogen) atoms. The lowest BCUT2D eigenvalue weighted by Crippen LogP contribution is -2.42. The van der Waals surface area contributed by atoms with Crippen molar-refractivity contribution >= 4 is 11.7 Å². The average Bonchev–Trinajstić information content (AvgIpc) is 2.25. The van der Waals surface area contributed by atoms with E-state index in [1.807, 2.05) is 0 Å². The summed E-state index contributed by atoms with van der Waals surface area (Å²) in [5.41, 5.74) is -1.66. The summed E-state index contributed by atoms with van der Waals surface area (Å²) in [6, 6.07) is 2.60. The van der Waals surface area contributed by atoms with Crippen molar-refractivity contribution in [3.63, 3.8) is 0 Å². The van der Waals surface area contributed by atoms with E-state index in [1.165, 1.54) is 5.32 Å². The zero-order chi connectivity index (χ0) is 14.8. The quantitative estimate of drug-likeness (QED) is 0.836. The fourth-order valence-electron chi connectivity index (χ4n) is 1.18. The first-order valence-electron chi connectivity index (χ1n) is 4.76. The van der Waals surface area contributed by atoms with Gasteiger partial charge in [0.25, 0.3) is 0 Å². The van der Waals surface area contributed by atoms with Gasteiger partial charge in [0.05, 0.1) is 17.8 Å². The Kier molecular flexibility index (Phi) is 3.97. The molecule has 0 saturated carbocycles. The Morgan fingerprint density at radius 2 is 1.79 bits per heavy atom. The summed E-state index contributed by atoms with van der Waals surface area (Å²) in [6.07, 6.45) is -5.81. The molecule has 2 N–H and O–H groups in total. The van der Waals surface area contributed by atoms with Crippen LogP contribution in [0.25, 0.3) is 0 Å². The predicted octanol–water partition coefficient (Wildman–Crippen LogP) is 3.13. The van der Waals surface area contributed by atoms with Gasteiger partial charge in [-0.3, -0.25) is 0 Å².